The summed E-state index contributed by atoms with van der Waals surface area (Å²) in [6.45, 7) is 2.25. The molecule has 1 heterocycles. The van der Waals surface area contributed by atoms with Crippen LogP contribution in [0.4, 0.5) is 0 Å². The quantitative estimate of drug-likeness (QED) is 0.407. The molecule has 0 N–H and O–H groups in total. The zero-order valence-corrected chi connectivity index (χ0v) is 17.3. The lowest BCUT2D eigenvalue weighted by Crippen LogP contribution is -2.20. The van der Waals surface area contributed by atoms with Gasteiger partial charge < -0.3 is 4.74 Å². The van der Waals surface area contributed by atoms with Crippen LogP contribution in [0.15, 0.2) is 87.2 Å². The van der Waals surface area contributed by atoms with E-state index in [0.29, 0.717) is 23.3 Å². The average molecular weight is 448 g/mol. The third-order valence-electron chi connectivity index (χ3n) is 4.40. The van der Waals surface area contributed by atoms with E-state index >= 15 is 0 Å². The summed E-state index contributed by atoms with van der Waals surface area (Å²) >= 11 is 3.40. The summed E-state index contributed by atoms with van der Waals surface area (Å²) in [7, 11) is 0. The van der Waals surface area contributed by atoms with E-state index in [1.165, 1.54) is 4.68 Å². The molecule has 1 aromatic heterocycles. The summed E-state index contributed by atoms with van der Waals surface area (Å²) in [5.74, 6) is 1.26. The molecule has 5 nitrogen and oxygen atoms in total. The third-order valence-corrected chi connectivity index (χ3v) is 4.89. The summed E-state index contributed by atoms with van der Waals surface area (Å²) in [6.07, 6.45) is 1.63. The Balaban J connectivity index is 1.58. The molecule has 4 rings (SSSR count). The van der Waals surface area contributed by atoms with Crippen LogP contribution >= 0.6 is 15.9 Å². The van der Waals surface area contributed by atoms with Crippen LogP contribution in [0.5, 0.6) is 5.75 Å². The lowest BCUT2D eigenvalue weighted by atomic mass is 10.2. The molecule has 144 valence electrons. The van der Waals surface area contributed by atoms with Crippen LogP contribution in [0.2, 0.25) is 0 Å². The van der Waals surface area contributed by atoms with Crippen molar-refractivity contribution in [1.29, 1.82) is 0 Å². The maximum atomic E-state index is 12.8. The number of hydrogen-bond donors (Lipinski definition) is 0. The van der Waals surface area contributed by atoms with Crippen molar-refractivity contribution in [2.75, 3.05) is 0 Å². The molecule has 0 saturated carbocycles. The second-order valence-corrected chi connectivity index (χ2v) is 7.44. The van der Waals surface area contributed by atoms with Gasteiger partial charge in [0.15, 0.2) is 0 Å². The fraction of sp³-hybridized carbons (Fsp3) is 0.0870. The Morgan fingerprint density at radius 3 is 2.72 bits per heavy atom. The topological polar surface area (TPSA) is 56.5 Å². The predicted molar refractivity (Wildman–Crippen MR) is 119 cm³/mol. The Bertz CT molecular complexity index is 1250. The first-order chi connectivity index (χ1) is 14.1. The summed E-state index contributed by atoms with van der Waals surface area (Å²) in [5.41, 5.74) is 2.37. The van der Waals surface area contributed by atoms with E-state index < -0.39 is 0 Å². The Morgan fingerprint density at radius 2 is 1.90 bits per heavy atom. The summed E-state index contributed by atoms with van der Waals surface area (Å²) in [6, 6.07) is 23.0. The number of benzene rings is 3. The van der Waals surface area contributed by atoms with Crippen molar-refractivity contribution >= 4 is 33.0 Å². The lowest BCUT2D eigenvalue weighted by Gasteiger charge is -2.07. The fourth-order valence-electron chi connectivity index (χ4n) is 2.95. The highest BCUT2D eigenvalue weighted by molar-refractivity contribution is 9.10. The third kappa shape index (κ3) is 4.43. The Morgan fingerprint density at radius 1 is 1.07 bits per heavy atom. The first-order valence-corrected chi connectivity index (χ1v) is 9.89. The zero-order chi connectivity index (χ0) is 20.2. The van der Waals surface area contributed by atoms with Crippen molar-refractivity contribution in [3.8, 4) is 5.75 Å². The van der Waals surface area contributed by atoms with Gasteiger partial charge in [-0.1, -0.05) is 58.4 Å². The van der Waals surface area contributed by atoms with E-state index in [2.05, 4.69) is 26.0 Å². The molecule has 3 aromatic carbocycles. The van der Waals surface area contributed by atoms with E-state index in [0.717, 1.165) is 21.3 Å². The second-order valence-electron chi connectivity index (χ2n) is 6.53. The number of ether oxygens (including phenoxy) is 1. The fourth-order valence-corrected chi connectivity index (χ4v) is 3.31. The van der Waals surface area contributed by atoms with Crippen LogP contribution in [-0.2, 0) is 6.61 Å². The number of aryl methyl sites for hydroxylation is 1. The minimum atomic E-state index is -0.207. The predicted octanol–water partition coefficient (Wildman–Crippen LogP) is 4.93. The molecule has 6 heteroatoms. The number of rotatable bonds is 5. The molecule has 0 fully saturated rings. The molecule has 4 aromatic rings. The number of nitrogens with zero attached hydrogens (tertiary/aromatic N) is 3. The van der Waals surface area contributed by atoms with Gasteiger partial charge in [-0.15, -0.1) is 0 Å². The van der Waals surface area contributed by atoms with Gasteiger partial charge in [-0.3, -0.25) is 4.79 Å². The van der Waals surface area contributed by atoms with E-state index in [1.54, 1.807) is 19.2 Å². The Hall–Kier alpha value is -3.25. The number of hydrogen-bond acceptors (Lipinski definition) is 4. The molecule has 0 saturated heterocycles. The highest BCUT2D eigenvalue weighted by Crippen LogP contribution is 2.16. The lowest BCUT2D eigenvalue weighted by molar-refractivity contribution is 0.306. The maximum Gasteiger partial charge on any atom is 0.282 e. The molecule has 0 aliphatic carbocycles. The van der Waals surface area contributed by atoms with Crippen LogP contribution in [-0.4, -0.2) is 15.9 Å². The van der Waals surface area contributed by atoms with Crippen LogP contribution in [0.1, 0.15) is 17.0 Å². The van der Waals surface area contributed by atoms with Crippen molar-refractivity contribution in [2.45, 2.75) is 13.5 Å². The maximum absolute atomic E-state index is 12.8. The van der Waals surface area contributed by atoms with Crippen molar-refractivity contribution < 1.29 is 4.74 Å². The van der Waals surface area contributed by atoms with Gasteiger partial charge in [0.2, 0.25) is 0 Å². The molecule has 29 heavy (non-hydrogen) atoms. The van der Waals surface area contributed by atoms with Crippen LogP contribution in [0, 0.1) is 6.92 Å². The van der Waals surface area contributed by atoms with Crippen LogP contribution in [0.25, 0.3) is 10.9 Å². The molecule has 0 bridgehead atoms. The largest absolute Gasteiger partial charge is 0.489 e. The summed E-state index contributed by atoms with van der Waals surface area (Å²) in [4.78, 5) is 17.3. The van der Waals surface area contributed by atoms with Gasteiger partial charge in [0.25, 0.3) is 5.56 Å². The molecular formula is C23H18BrN3O2. The standard InChI is InChI=1S/C23H18BrN3O2/c1-16-26-22-11-10-19(24)13-21(22)23(28)27(16)25-14-18-8-5-9-20(12-18)29-15-17-6-3-2-4-7-17/h2-14H,15H2,1H3. The molecule has 0 radical (unpaired) electrons. The van der Waals surface area contributed by atoms with Gasteiger partial charge in [-0.25, -0.2) is 4.98 Å². The van der Waals surface area contributed by atoms with E-state index in [4.69, 9.17) is 4.74 Å². The van der Waals surface area contributed by atoms with E-state index in [-0.39, 0.29) is 5.56 Å². The zero-order valence-electron chi connectivity index (χ0n) is 15.7. The van der Waals surface area contributed by atoms with Crippen molar-refractivity contribution in [1.82, 2.24) is 9.66 Å². The number of halogens is 1. The van der Waals surface area contributed by atoms with Gasteiger partial charge in [0.1, 0.15) is 18.2 Å². The molecule has 0 atom stereocenters. The van der Waals surface area contributed by atoms with Crippen LogP contribution < -0.4 is 10.3 Å². The Kier molecular flexibility index (Phi) is 5.53. The smallest absolute Gasteiger partial charge is 0.282 e. The summed E-state index contributed by atoms with van der Waals surface area (Å²) < 4.78 is 7.99. The molecule has 0 aliphatic rings. The minimum absolute atomic E-state index is 0.207. The van der Waals surface area contributed by atoms with Crippen molar-refractivity contribution in [3.05, 3.63) is 105 Å². The van der Waals surface area contributed by atoms with E-state index in [1.807, 2.05) is 66.7 Å². The normalized spacial score (nSPS) is 11.2. The SMILES string of the molecule is Cc1nc2ccc(Br)cc2c(=O)n1N=Cc1cccc(OCc2ccccc2)c1. The highest BCUT2D eigenvalue weighted by atomic mass is 79.9. The minimum Gasteiger partial charge on any atom is -0.489 e. The van der Waals surface area contributed by atoms with E-state index in [9.17, 15) is 4.79 Å². The van der Waals surface area contributed by atoms with Crippen molar-refractivity contribution in [3.63, 3.8) is 0 Å². The number of aromatic nitrogens is 2. The van der Waals surface area contributed by atoms with Gasteiger partial charge in [0.05, 0.1) is 17.1 Å². The average Bonchev–Trinajstić information content (AvgIpc) is 2.74. The Labute approximate surface area is 176 Å². The van der Waals surface area contributed by atoms with Crippen molar-refractivity contribution in [2.24, 2.45) is 5.10 Å². The molecular weight excluding hydrogens is 430 g/mol. The van der Waals surface area contributed by atoms with Crippen LogP contribution in [0.3, 0.4) is 0 Å². The van der Waals surface area contributed by atoms with Gasteiger partial charge in [-0.2, -0.15) is 9.78 Å². The van der Waals surface area contributed by atoms with Gasteiger partial charge in [-0.05, 0) is 48.4 Å². The first kappa shape index (κ1) is 19.1. The van der Waals surface area contributed by atoms with Gasteiger partial charge >= 0.3 is 0 Å². The molecule has 0 amide bonds. The second kappa shape index (κ2) is 8.41. The highest BCUT2D eigenvalue weighted by Gasteiger charge is 2.07. The molecule has 0 spiro atoms. The van der Waals surface area contributed by atoms with Gasteiger partial charge in [0, 0.05) is 4.47 Å². The number of fused-ring (bicyclic) bond motifs is 1. The summed E-state index contributed by atoms with van der Waals surface area (Å²) in [5, 5.41) is 4.88. The first-order valence-electron chi connectivity index (χ1n) is 9.10. The molecule has 0 unspecified atom stereocenters. The monoisotopic (exact) mass is 447 g/mol. The molecule has 0 aliphatic heterocycles.